The van der Waals surface area contributed by atoms with Gasteiger partial charge in [-0.3, -0.25) is 0 Å². The van der Waals surface area contributed by atoms with Crippen LogP contribution in [0, 0.1) is 0 Å². The summed E-state index contributed by atoms with van der Waals surface area (Å²) in [6.07, 6.45) is 0. The average molecular weight is 338 g/mol. The van der Waals surface area contributed by atoms with E-state index in [9.17, 15) is 0 Å². The minimum atomic E-state index is -0.308. The van der Waals surface area contributed by atoms with Gasteiger partial charge in [0.1, 0.15) is 0 Å². The number of ether oxygens (including phenoxy) is 2. The quantitative estimate of drug-likeness (QED) is 0.414. The van der Waals surface area contributed by atoms with E-state index < -0.39 is 0 Å². The largest absolute Gasteiger partial charge is 0.494 e. The molecule has 6 heteroatoms. The lowest BCUT2D eigenvalue weighted by Crippen LogP contribution is -2.41. The van der Waals surface area contributed by atoms with Crippen molar-refractivity contribution in [1.29, 1.82) is 0 Å². The Balaban J connectivity index is 1.88. The van der Waals surface area contributed by atoms with Crippen LogP contribution >= 0.6 is 11.8 Å². The third-order valence-corrected chi connectivity index (χ3v) is 5.21. The van der Waals surface area contributed by atoms with E-state index in [1.807, 2.05) is 0 Å². The van der Waals surface area contributed by atoms with Gasteiger partial charge in [0.2, 0.25) is 0 Å². The van der Waals surface area contributed by atoms with Crippen LogP contribution in [0.1, 0.15) is 33.3 Å². The maximum absolute atomic E-state index is 6.11. The molecule has 0 aliphatic carbocycles. The number of hydrogen-bond acceptors (Lipinski definition) is 5. The lowest BCUT2D eigenvalue weighted by atomic mass is 9.78. The lowest BCUT2D eigenvalue weighted by Gasteiger charge is -2.32. The highest BCUT2D eigenvalue weighted by molar-refractivity contribution is 7.98. The molecule has 4 nitrogen and oxygen atoms in total. The maximum Gasteiger partial charge on any atom is 0.494 e. The molecule has 1 fully saturated rings. The van der Waals surface area contributed by atoms with Gasteiger partial charge in [-0.15, -0.1) is 11.8 Å². The van der Waals surface area contributed by atoms with Crippen molar-refractivity contribution in [2.45, 2.75) is 44.6 Å². The standard InChI is InChI=1S/C17H27BO4S/c1-16(2)17(3,4)22-18(21-16)15-8-6-7-14(11-15)12-23-13-20-10-9-19-5/h6-8,11H,9-10,12-13H2,1-5H3. The Kier molecular flexibility index (Phi) is 6.57. The van der Waals surface area contributed by atoms with E-state index in [1.165, 1.54) is 5.56 Å². The zero-order chi connectivity index (χ0) is 16.9. The average Bonchev–Trinajstić information content (AvgIpc) is 2.72. The van der Waals surface area contributed by atoms with E-state index >= 15 is 0 Å². The van der Waals surface area contributed by atoms with Crippen LogP contribution in [0.2, 0.25) is 0 Å². The van der Waals surface area contributed by atoms with Crippen molar-refractivity contribution in [3.63, 3.8) is 0 Å². The van der Waals surface area contributed by atoms with E-state index in [0.717, 1.165) is 11.2 Å². The molecule has 1 aromatic carbocycles. The second-order valence-corrected chi connectivity index (χ2v) is 7.63. The van der Waals surface area contributed by atoms with Crippen LogP contribution < -0.4 is 5.46 Å². The number of hydrogen-bond donors (Lipinski definition) is 0. The molecule has 0 radical (unpaired) electrons. The summed E-state index contributed by atoms with van der Waals surface area (Å²) in [6.45, 7) is 9.57. The molecule has 128 valence electrons. The molecule has 0 bridgehead atoms. The molecule has 0 aromatic heterocycles. The van der Waals surface area contributed by atoms with Gasteiger partial charge in [0.25, 0.3) is 0 Å². The highest BCUT2D eigenvalue weighted by Gasteiger charge is 2.51. The van der Waals surface area contributed by atoms with Gasteiger partial charge in [-0.05, 0) is 38.7 Å². The summed E-state index contributed by atoms with van der Waals surface area (Å²) >= 11 is 1.75. The van der Waals surface area contributed by atoms with Gasteiger partial charge in [0, 0.05) is 12.9 Å². The molecule has 1 aromatic rings. The normalized spacial score (nSPS) is 19.3. The molecule has 0 saturated carbocycles. The second kappa shape index (κ2) is 8.03. The highest BCUT2D eigenvalue weighted by Crippen LogP contribution is 2.36. The van der Waals surface area contributed by atoms with Gasteiger partial charge in [-0.2, -0.15) is 0 Å². The topological polar surface area (TPSA) is 36.9 Å². The zero-order valence-corrected chi connectivity index (χ0v) is 15.6. The first-order valence-electron chi connectivity index (χ1n) is 7.94. The summed E-state index contributed by atoms with van der Waals surface area (Å²) < 4.78 is 22.6. The van der Waals surface area contributed by atoms with Crippen molar-refractivity contribution >= 4 is 24.3 Å². The first kappa shape index (κ1) is 18.8. The van der Waals surface area contributed by atoms with Crippen molar-refractivity contribution < 1.29 is 18.8 Å². The molecule has 1 aliphatic heterocycles. The van der Waals surface area contributed by atoms with Gasteiger partial charge in [0.05, 0.1) is 30.4 Å². The van der Waals surface area contributed by atoms with Gasteiger partial charge >= 0.3 is 7.12 Å². The number of methoxy groups -OCH3 is 1. The van der Waals surface area contributed by atoms with Gasteiger partial charge in [-0.25, -0.2) is 0 Å². The molecule has 0 unspecified atom stereocenters. The van der Waals surface area contributed by atoms with Crippen molar-refractivity contribution in [3.05, 3.63) is 29.8 Å². The van der Waals surface area contributed by atoms with E-state index in [1.54, 1.807) is 18.9 Å². The van der Waals surface area contributed by atoms with Crippen molar-refractivity contribution in [2.24, 2.45) is 0 Å². The van der Waals surface area contributed by atoms with Gasteiger partial charge < -0.3 is 18.8 Å². The monoisotopic (exact) mass is 338 g/mol. The maximum atomic E-state index is 6.11. The molecule has 0 atom stereocenters. The lowest BCUT2D eigenvalue weighted by molar-refractivity contribution is 0.00578. The van der Waals surface area contributed by atoms with Crippen LogP contribution in [0.25, 0.3) is 0 Å². The molecule has 0 amide bonds. The van der Waals surface area contributed by atoms with Crippen LogP contribution in [-0.4, -0.2) is 44.6 Å². The summed E-state index contributed by atoms with van der Waals surface area (Å²) in [4.78, 5) is 0. The smallest absolute Gasteiger partial charge is 0.399 e. The Morgan fingerprint density at radius 2 is 1.78 bits per heavy atom. The Bertz CT molecular complexity index is 491. The highest BCUT2D eigenvalue weighted by atomic mass is 32.2. The Hall–Kier alpha value is -0.525. The summed E-state index contributed by atoms with van der Waals surface area (Å²) in [6, 6.07) is 8.40. The minimum absolute atomic E-state index is 0.303. The molecule has 2 rings (SSSR count). The first-order valence-corrected chi connectivity index (χ1v) is 9.10. The van der Waals surface area contributed by atoms with E-state index in [-0.39, 0.29) is 18.3 Å². The van der Waals surface area contributed by atoms with Gasteiger partial charge in [-0.1, -0.05) is 24.3 Å². The summed E-state index contributed by atoms with van der Waals surface area (Å²) in [5.41, 5.74) is 1.70. The fourth-order valence-corrected chi connectivity index (χ4v) is 2.96. The van der Waals surface area contributed by atoms with Crippen molar-refractivity contribution in [2.75, 3.05) is 26.3 Å². The number of benzene rings is 1. The fraction of sp³-hybridized carbons (Fsp3) is 0.647. The molecule has 0 N–H and O–H groups in total. The third-order valence-electron chi connectivity index (χ3n) is 4.34. The summed E-state index contributed by atoms with van der Waals surface area (Å²) in [7, 11) is 1.38. The summed E-state index contributed by atoms with van der Waals surface area (Å²) in [5.74, 6) is 1.57. The first-order chi connectivity index (χ1) is 10.9. The molecule has 0 spiro atoms. The van der Waals surface area contributed by atoms with Crippen molar-refractivity contribution in [1.82, 2.24) is 0 Å². The van der Waals surface area contributed by atoms with E-state index in [2.05, 4.69) is 52.0 Å². The fourth-order valence-electron chi connectivity index (χ4n) is 2.23. The Morgan fingerprint density at radius 3 is 2.43 bits per heavy atom. The van der Waals surface area contributed by atoms with Crippen LogP contribution in [0.5, 0.6) is 0 Å². The van der Waals surface area contributed by atoms with Crippen LogP contribution in [0.4, 0.5) is 0 Å². The van der Waals surface area contributed by atoms with Gasteiger partial charge in [0.15, 0.2) is 0 Å². The predicted molar refractivity (Wildman–Crippen MR) is 96.1 cm³/mol. The van der Waals surface area contributed by atoms with E-state index in [0.29, 0.717) is 19.2 Å². The molecule has 1 aliphatic rings. The van der Waals surface area contributed by atoms with Crippen molar-refractivity contribution in [3.8, 4) is 0 Å². The second-order valence-electron chi connectivity index (χ2n) is 6.70. The SMILES string of the molecule is COCCOCSCc1cccc(B2OC(C)(C)C(C)(C)O2)c1. The third kappa shape index (κ3) is 4.97. The Morgan fingerprint density at radius 1 is 1.09 bits per heavy atom. The predicted octanol–water partition coefficient (Wildman–Crippen LogP) is 2.84. The van der Waals surface area contributed by atoms with E-state index in [4.69, 9.17) is 18.8 Å². The molecular weight excluding hydrogens is 311 g/mol. The molecular formula is C17H27BO4S. The van der Waals surface area contributed by atoms with Crippen LogP contribution in [0.15, 0.2) is 24.3 Å². The summed E-state index contributed by atoms with van der Waals surface area (Å²) in [5, 5.41) is 0. The zero-order valence-electron chi connectivity index (χ0n) is 14.8. The van der Waals surface area contributed by atoms with Crippen LogP contribution in [0.3, 0.4) is 0 Å². The molecule has 1 heterocycles. The molecule has 23 heavy (non-hydrogen) atoms. The minimum Gasteiger partial charge on any atom is -0.399 e. The number of rotatable bonds is 8. The van der Waals surface area contributed by atoms with Crippen LogP contribution in [-0.2, 0) is 24.5 Å². The Labute approximate surface area is 144 Å². The number of thioether (sulfide) groups is 1. The molecule has 1 saturated heterocycles.